The molecule has 212 valence electrons. The molecule has 1 saturated carbocycles. The van der Waals surface area contributed by atoms with Crippen LogP contribution in [0.25, 0.3) is 11.3 Å². The van der Waals surface area contributed by atoms with Crippen LogP contribution in [0.5, 0.6) is 5.88 Å². The van der Waals surface area contributed by atoms with Crippen LogP contribution in [-0.2, 0) is 10.0 Å². The molecule has 1 fully saturated rings. The summed E-state index contributed by atoms with van der Waals surface area (Å²) in [5, 5.41) is 0. The number of carbonyl (C=O) groups is 1. The number of carbonyl (C=O) groups excluding carboxylic acids is 1. The average molecular weight is 563 g/mol. The number of sulfonamides is 1. The lowest BCUT2D eigenvalue weighted by molar-refractivity contribution is 0.0373. The maximum absolute atomic E-state index is 14.1. The van der Waals surface area contributed by atoms with Crippen molar-refractivity contribution in [1.29, 1.82) is 0 Å². The molecule has 1 amide bonds. The minimum Gasteiger partial charge on any atom is -0.475 e. The zero-order valence-corrected chi connectivity index (χ0v) is 24.5. The van der Waals surface area contributed by atoms with Crippen molar-refractivity contribution in [3.05, 3.63) is 65.2 Å². The third-order valence-electron chi connectivity index (χ3n) is 7.82. The summed E-state index contributed by atoms with van der Waals surface area (Å²) in [7, 11) is -4.08. The van der Waals surface area contributed by atoms with Gasteiger partial charge in [-0.25, -0.2) is 18.1 Å². The number of ether oxygens (including phenoxy) is 1. The Morgan fingerprint density at radius 2 is 1.70 bits per heavy atom. The van der Waals surface area contributed by atoms with Crippen molar-refractivity contribution in [3.8, 4) is 17.1 Å². The predicted molar refractivity (Wildman–Crippen MR) is 156 cm³/mol. The van der Waals surface area contributed by atoms with Crippen molar-refractivity contribution in [2.24, 2.45) is 5.92 Å². The number of aryl methyl sites for hydroxylation is 2. The number of hydrogen-bond acceptors (Lipinski definition) is 6. The zero-order valence-electron chi connectivity index (χ0n) is 23.7. The molecular weight excluding hydrogens is 524 g/mol. The van der Waals surface area contributed by atoms with Gasteiger partial charge in [0.05, 0.1) is 16.6 Å². The molecule has 0 saturated heterocycles. The summed E-state index contributed by atoms with van der Waals surface area (Å²) in [5.41, 5.74) is 3.85. The van der Waals surface area contributed by atoms with Gasteiger partial charge < -0.3 is 9.64 Å². The first kappa shape index (κ1) is 28.1. The first-order chi connectivity index (χ1) is 19.1. The summed E-state index contributed by atoms with van der Waals surface area (Å²) < 4.78 is 35.9. The number of anilines is 1. The van der Waals surface area contributed by atoms with Crippen molar-refractivity contribution < 1.29 is 17.9 Å². The van der Waals surface area contributed by atoms with Gasteiger partial charge in [-0.05, 0) is 68.4 Å². The number of fused-ring (bicyclic) bond motifs is 4. The standard InChI is InChI=1S/C31H38N4O4S/c1-20(2)16-25-19-39-28-18-27(29-21(3)10-8-11-22(29)4)32-31(33-28)34-40(37,38)26-15-9-12-23(17-26)30(36)35(25)24-13-6-5-7-14-24/h8-12,15,17-18,20,24-25H,5-7,13-14,16,19H2,1-4H3,(H,32,33,34)/t25-/m1/s1. The van der Waals surface area contributed by atoms with Crippen LogP contribution >= 0.6 is 0 Å². The number of nitrogens with zero attached hydrogens (tertiary/aromatic N) is 3. The lowest BCUT2D eigenvalue weighted by Gasteiger charge is -2.40. The molecule has 2 aliphatic rings. The lowest BCUT2D eigenvalue weighted by Crippen LogP contribution is -2.51. The van der Waals surface area contributed by atoms with Crippen LogP contribution in [0.3, 0.4) is 0 Å². The maximum atomic E-state index is 14.1. The molecule has 9 heteroatoms. The van der Waals surface area contributed by atoms with E-state index in [0.29, 0.717) is 17.2 Å². The van der Waals surface area contributed by atoms with E-state index < -0.39 is 10.0 Å². The van der Waals surface area contributed by atoms with E-state index in [2.05, 4.69) is 28.5 Å². The molecule has 0 unspecified atom stereocenters. The van der Waals surface area contributed by atoms with Gasteiger partial charge in [-0.3, -0.25) is 4.79 Å². The van der Waals surface area contributed by atoms with Crippen molar-refractivity contribution in [2.45, 2.75) is 83.2 Å². The van der Waals surface area contributed by atoms with Crippen LogP contribution in [0.1, 0.15) is 73.9 Å². The second-order valence-corrected chi connectivity index (χ2v) is 13.1. The Hall–Kier alpha value is -3.46. The Morgan fingerprint density at radius 3 is 2.40 bits per heavy atom. The average Bonchev–Trinajstić information content (AvgIpc) is 2.91. The Balaban J connectivity index is 1.67. The molecule has 8 nitrogen and oxygen atoms in total. The molecule has 1 aliphatic heterocycles. The normalized spacial score (nSPS) is 19.7. The van der Waals surface area contributed by atoms with E-state index in [-0.39, 0.29) is 41.3 Å². The number of benzene rings is 2. The van der Waals surface area contributed by atoms with Crippen molar-refractivity contribution in [1.82, 2.24) is 14.9 Å². The third-order valence-corrected chi connectivity index (χ3v) is 9.15. The molecule has 2 aromatic carbocycles. The largest absolute Gasteiger partial charge is 0.475 e. The molecule has 5 rings (SSSR count). The van der Waals surface area contributed by atoms with E-state index in [4.69, 9.17) is 4.74 Å². The minimum atomic E-state index is -4.08. The molecule has 40 heavy (non-hydrogen) atoms. The lowest BCUT2D eigenvalue weighted by atomic mass is 9.91. The summed E-state index contributed by atoms with van der Waals surface area (Å²) in [4.78, 5) is 25.2. The smallest absolute Gasteiger partial charge is 0.264 e. The Morgan fingerprint density at radius 1 is 1.00 bits per heavy atom. The second-order valence-electron chi connectivity index (χ2n) is 11.4. The van der Waals surface area contributed by atoms with Crippen LogP contribution in [0.15, 0.2) is 53.4 Å². The Kier molecular flexibility index (Phi) is 8.12. The number of nitrogens with one attached hydrogen (secondary N) is 1. The molecule has 1 N–H and O–H groups in total. The topological polar surface area (TPSA) is 101 Å². The molecular formula is C31H38N4O4S. The van der Waals surface area contributed by atoms with Gasteiger partial charge in [0.25, 0.3) is 15.9 Å². The predicted octanol–water partition coefficient (Wildman–Crippen LogP) is 6.14. The maximum Gasteiger partial charge on any atom is 0.264 e. The first-order valence-electron chi connectivity index (χ1n) is 14.2. The van der Waals surface area contributed by atoms with Crippen molar-refractivity contribution in [2.75, 3.05) is 11.3 Å². The van der Waals surface area contributed by atoms with Gasteiger partial charge in [-0.2, -0.15) is 4.98 Å². The van der Waals surface area contributed by atoms with E-state index in [1.165, 1.54) is 12.1 Å². The zero-order chi connectivity index (χ0) is 28.4. The summed E-state index contributed by atoms with van der Waals surface area (Å²) in [6.07, 6.45) is 5.89. The Bertz CT molecular complexity index is 1480. The Labute approximate surface area is 237 Å². The molecule has 4 bridgehead atoms. The molecule has 1 aromatic heterocycles. The fraction of sp³-hybridized carbons (Fsp3) is 0.452. The summed E-state index contributed by atoms with van der Waals surface area (Å²) in [6, 6.07) is 13.9. The SMILES string of the molecule is Cc1cccc(C)c1-c1cc2nc(n1)NS(=O)(=O)c1cccc(c1)C(=O)N(C1CCCCC1)[C@H](CC(C)C)CO2. The fourth-order valence-electron chi connectivity index (χ4n) is 5.99. The van der Waals surface area contributed by atoms with Gasteiger partial charge in [0.1, 0.15) is 6.61 Å². The van der Waals surface area contributed by atoms with Gasteiger partial charge in [-0.15, -0.1) is 0 Å². The summed E-state index contributed by atoms with van der Waals surface area (Å²) in [6.45, 7) is 8.52. The molecule has 0 spiro atoms. The molecule has 3 aromatic rings. The van der Waals surface area contributed by atoms with Crippen LogP contribution < -0.4 is 9.46 Å². The minimum absolute atomic E-state index is 0.00913. The van der Waals surface area contributed by atoms with E-state index in [1.54, 1.807) is 18.2 Å². The van der Waals surface area contributed by atoms with E-state index in [9.17, 15) is 13.2 Å². The van der Waals surface area contributed by atoms with E-state index in [1.807, 2.05) is 36.9 Å². The van der Waals surface area contributed by atoms with Crippen LogP contribution in [0, 0.1) is 19.8 Å². The summed E-state index contributed by atoms with van der Waals surface area (Å²) >= 11 is 0. The third kappa shape index (κ3) is 5.99. The van der Waals surface area contributed by atoms with Gasteiger partial charge in [-0.1, -0.05) is 57.4 Å². The fourth-order valence-corrected chi connectivity index (χ4v) is 6.98. The molecule has 1 aliphatic carbocycles. The van der Waals surface area contributed by atoms with Crippen LogP contribution in [0.4, 0.5) is 5.95 Å². The highest BCUT2D eigenvalue weighted by Crippen LogP contribution is 2.32. The van der Waals surface area contributed by atoms with Gasteiger partial charge in [0, 0.05) is 23.2 Å². The highest BCUT2D eigenvalue weighted by molar-refractivity contribution is 7.92. The van der Waals surface area contributed by atoms with Crippen LogP contribution in [0.2, 0.25) is 0 Å². The van der Waals surface area contributed by atoms with Crippen LogP contribution in [-0.4, -0.2) is 47.9 Å². The molecule has 1 atom stereocenters. The summed E-state index contributed by atoms with van der Waals surface area (Å²) in [5.74, 6) is 0.353. The quantitative estimate of drug-likeness (QED) is 0.410. The van der Waals surface area contributed by atoms with Gasteiger partial charge in [0.2, 0.25) is 11.8 Å². The van der Waals surface area contributed by atoms with Crippen molar-refractivity contribution in [3.63, 3.8) is 0 Å². The molecule has 0 radical (unpaired) electrons. The van der Waals surface area contributed by atoms with Gasteiger partial charge in [0.15, 0.2) is 0 Å². The number of hydrogen-bond donors (Lipinski definition) is 1. The van der Waals surface area contributed by atoms with E-state index >= 15 is 0 Å². The second kappa shape index (κ2) is 11.6. The molecule has 2 heterocycles. The number of amides is 1. The number of aromatic nitrogens is 2. The number of rotatable bonds is 4. The monoisotopic (exact) mass is 562 g/mol. The van der Waals surface area contributed by atoms with Gasteiger partial charge >= 0.3 is 0 Å². The first-order valence-corrected chi connectivity index (χ1v) is 15.6. The van der Waals surface area contributed by atoms with E-state index in [0.717, 1.165) is 55.2 Å². The highest BCUT2D eigenvalue weighted by atomic mass is 32.2. The van der Waals surface area contributed by atoms with Crippen molar-refractivity contribution >= 4 is 21.9 Å². The highest BCUT2D eigenvalue weighted by Gasteiger charge is 2.34.